The van der Waals surface area contributed by atoms with Gasteiger partial charge in [-0.05, 0) is 31.4 Å². The molecule has 0 spiro atoms. The fraction of sp³-hybridized carbons (Fsp3) is 0.556. The molecule has 0 aromatic heterocycles. The van der Waals surface area contributed by atoms with Crippen molar-refractivity contribution in [1.29, 1.82) is 0 Å². The molecule has 0 aliphatic heterocycles. The Hall–Kier alpha value is -2.24. The zero-order valence-electron chi connectivity index (χ0n) is 14.6. The third-order valence-electron chi connectivity index (χ3n) is 4.34. The molecule has 0 unspecified atom stereocenters. The molecule has 0 heterocycles. The normalized spacial score (nSPS) is 14.6. The van der Waals surface area contributed by atoms with Crippen LogP contribution in [-0.4, -0.2) is 32.6 Å². The minimum Gasteiger partial charge on any atom is -0.497 e. The van der Waals surface area contributed by atoms with E-state index in [1.165, 1.54) is 7.11 Å². The van der Waals surface area contributed by atoms with Gasteiger partial charge in [-0.25, -0.2) is 0 Å². The van der Waals surface area contributed by atoms with Crippen molar-refractivity contribution in [2.75, 3.05) is 26.1 Å². The van der Waals surface area contributed by atoms with Crippen LogP contribution in [0.4, 0.5) is 5.69 Å². The quantitative estimate of drug-likeness (QED) is 0.538. The van der Waals surface area contributed by atoms with Crippen LogP contribution in [0.2, 0.25) is 0 Å². The maximum Gasteiger partial charge on any atom is 0.240 e. The van der Waals surface area contributed by atoms with Crippen molar-refractivity contribution in [2.24, 2.45) is 5.41 Å². The SMILES string of the molecule is CCCCCNC(=O)C1(C(=O)Nc2cc(OC)ccc2OC)CC1. The van der Waals surface area contributed by atoms with Crippen molar-refractivity contribution in [3.63, 3.8) is 0 Å². The summed E-state index contributed by atoms with van der Waals surface area (Å²) in [6, 6.07) is 5.16. The third-order valence-corrected chi connectivity index (χ3v) is 4.34. The molecular weight excluding hydrogens is 308 g/mol. The van der Waals surface area contributed by atoms with Crippen LogP contribution in [0.1, 0.15) is 39.0 Å². The number of unbranched alkanes of at least 4 members (excludes halogenated alkanes) is 2. The van der Waals surface area contributed by atoms with Gasteiger partial charge in [0.2, 0.25) is 11.8 Å². The van der Waals surface area contributed by atoms with Gasteiger partial charge in [-0.15, -0.1) is 0 Å². The number of hydrogen-bond donors (Lipinski definition) is 2. The van der Waals surface area contributed by atoms with Gasteiger partial charge < -0.3 is 20.1 Å². The van der Waals surface area contributed by atoms with E-state index < -0.39 is 5.41 Å². The predicted octanol–water partition coefficient (Wildman–Crippen LogP) is 2.73. The molecule has 132 valence electrons. The second-order valence-electron chi connectivity index (χ2n) is 6.07. The molecule has 1 aromatic carbocycles. The van der Waals surface area contributed by atoms with Gasteiger partial charge in [0.05, 0.1) is 19.9 Å². The van der Waals surface area contributed by atoms with Gasteiger partial charge in [0.1, 0.15) is 16.9 Å². The fourth-order valence-electron chi connectivity index (χ4n) is 2.58. The first-order chi connectivity index (χ1) is 11.6. The van der Waals surface area contributed by atoms with E-state index in [2.05, 4.69) is 17.6 Å². The highest BCUT2D eigenvalue weighted by atomic mass is 16.5. The molecule has 1 aliphatic rings. The smallest absolute Gasteiger partial charge is 0.240 e. The summed E-state index contributed by atoms with van der Waals surface area (Å²) in [6.45, 7) is 2.73. The molecule has 0 atom stereocenters. The van der Waals surface area contributed by atoms with Crippen molar-refractivity contribution in [2.45, 2.75) is 39.0 Å². The van der Waals surface area contributed by atoms with Gasteiger partial charge in [-0.2, -0.15) is 0 Å². The Kier molecular flexibility index (Phi) is 6.06. The summed E-state index contributed by atoms with van der Waals surface area (Å²) in [5.41, 5.74) is -0.438. The lowest BCUT2D eigenvalue weighted by Gasteiger charge is -2.17. The lowest BCUT2D eigenvalue weighted by Crippen LogP contribution is -2.40. The number of methoxy groups -OCH3 is 2. The van der Waals surface area contributed by atoms with Crippen molar-refractivity contribution in [3.8, 4) is 11.5 Å². The van der Waals surface area contributed by atoms with E-state index in [4.69, 9.17) is 9.47 Å². The Balaban J connectivity index is 2.02. The molecule has 0 saturated heterocycles. The minimum atomic E-state index is -0.944. The second-order valence-corrected chi connectivity index (χ2v) is 6.07. The number of carbonyl (C=O) groups excluding carboxylic acids is 2. The number of amides is 2. The van der Waals surface area contributed by atoms with Crippen LogP contribution in [0, 0.1) is 5.41 Å². The standard InChI is InChI=1S/C18H26N2O4/c1-4-5-6-11-19-16(21)18(9-10-18)17(22)20-14-12-13(23-2)7-8-15(14)24-3/h7-8,12H,4-6,9-11H2,1-3H3,(H,19,21)(H,20,22). The van der Waals surface area contributed by atoms with E-state index in [-0.39, 0.29) is 11.8 Å². The van der Waals surface area contributed by atoms with Gasteiger partial charge >= 0.3 is 0 Å². The Morgan fingerprint density at radius 2 is 1.88 bits per heavy atom. The van der Waals surface area contributed by atoms with E-state index >= 15 is 0 Å². The van der Waals surface area contributed by atoms with E-state index in [0.29, 0.717) is 36.6 Å². The second kappa shape index (κ2) is 8.04. The van der Waals surface area contributed by atoms with Gasteiger partial charge in [-0.1, -0.05) is 19.8 Å². The van der Waals surface area contributed by atoms with Crippen LogP contribution < -0.4 is 20.1 Å². The highest BCUT2D eigenvalue weighted by Crippen LogP contribution is 2.47. The van der Waals surface area contributed by atoms with Crippen LogP contribution in [0.3, 0.4) is 0 Å². The molecule has 6 nitrogen and oxygen atoms in total. The molecule has 1 saturated carbocycles. The van der Waals surface area contributed by atoms with Crippen molar-refractivity contribution in [1.82, 2.24) is 5.32 Å². The molecule has 2 N–H and O–H groups in total. The summed E-state index contributed by atoms with van der Waals surface area (Å²) in [7, 11) is 3.09. The summed E-state index contributed by atoms with van der Waals surface area (Å²) in [5, 5.41) is 5.70. The molecule has 1 fully saturated rings. The molecule has 1 aliphatic carbocycles. The van der Waals surface area contributed by atoms with Crippen molar-refractivity contribution in [3.05, 3.63) is 18.2 Å². The van der Waals surface area contributed by atoms with Crippen LogP contribution in [0.25, 0.3) is 0 Å². The summed E-state index contributed by atoms with van der Waals surface area (Å²) in [6.07, 6.45) is 4.25. The lowest BCUT2D eigenvalue weighted by molar-refractivity contribution is -0.134. The summed E-state index contributed by atoms with van der Waals surface area (Å²) in [5.74, 6) is 0.670. The monoisotopic (exact) mass is 334 g/mol. The molecule has 2 rings (SSSR count). The molecule has 24 heavy (non-hydrogen) atoms. The Morgan fingerprint density at radius 1 is 1.12 bits per heavy atom. The maximum atomic E-state index is 12.6. The lowest BCUT2D eigenvalue weighted by atomic mass is 10.0. The first-order valence-electron chi connectivity index (χ1n) is 8.39. The van der Waals surface area contributed by atoms with Gasteiger partial charge in [-0.3, -0.25) is 9.59 Å². The molecule has 0 bridgehead atoms. The van der Waals surface area contributed by atoms with Gasteiger partial charge in [0, 0.05) is 12.6 Å². The Bertz CT molecular complexity index is 597. The highest BCUT2D eigenvalue weighted by Gasteiger charge is 2.56. The average Bonchev–Trinajstić information content (AvgIpc) is 3.40. The first kappa shape index (κ1) is 18.1. The number of hydrogen-bond acceptors (Lipinski definition) is 4. The first-order valence-corrected chi connectivity index (χ1v) is 8.39. The predicted molar refractivity (Wildman–Crippen MR) is 92.4 cm³/mol. The van der Waals surface area contributed by atoms with Gasteiger partial charge in [0.15, 0.2) is 0 Å². The third kappa shape index (κ3) is 3.99. The molecule has 1 aromatic rings. The number of ether oxygens (including phenoxy) is 2. The summed E-state index contributed by atoms with van der Waals surface area (Å²) in [4.78, 5) is 25.0. The molecular formula is C18H26N2O4. The number of anilines is 1. The number of carbonyl (C=O) groups is 2. The Morgan fingerprint density at radius 3 is 2.46 bits per heavy atom. The highest BCUT2D eigenvalue weighted by molar-refractivity contribution is 6.13. The number of benzene rings is 1. The number of nitrogens with one attached hydrogen (secondary N) is 2. The minimum absolute atomic E-state index is 0.182. The molecule has 6 heteroatoms. The zero-order valence-corrected chi connectivity index (χ0v) is 14.6. The van der Waals surface area contributed by atoms with Gasteiger partial charge in [0.25, 0.3) is 0 Å². The van der Waals surface area contributed by atoms with Crippen LogP contribution >= 0.6 is 0 Å². The molecule has 2 amide bonds. The summed E-state index contributed by atoms with van der Waals surface area (Å²) >= 11 is 0. The average molecular weight is 334 g/mol. The van der Waals surface area contributed by atoms with Crippen molar-refractivity contribution < 1.29 is 19.1 Å². The topological polar surface area (TPSA) is 76.7 Å². The van der Waals surface area contributed by atoms with Crippen molar-refractivity contribution >= 4 is 17.5 Å². The van der Waals surface area contributed by atoms with Crippen LogP contribution in [0.5, 0.6) is 11.5 Å². The fourth-order valence-corrected chi connectivity index (χ4v) is 2.58. The van der Waals surface area contributed by atoms with E-state index in [1.807, 2.05) is 0 Å². The van der Waals surface area contributed by atoms with Crippen LogP contribution in [-0.2, 0) is 9.59 Å². The maximum absolute atomic E-state index is 12.6. The molecule has 0 radical (unpaired) electrons. The number of rotatable bonds is 9. The van der Waals surface area contributed by atoms with E-state index in [0.717, 1.165) is 19.3 Å². The Labute approximate surface area is 142 Å². The van der Waals surface area contributed by atoms with E-state index in [1.54, 1.807) is 25.3 Å². The zero-order chi connectivity index (χ0) is 17.6. The van der Waals surface area contributed by atoms with Crippen LogP contribution in [0.15, 0.2) is 18.2 Å². The summed E-state index contributed by atoms with van der Waals surface area (Å²) < 4.78 is 10.4. The van der Waals surface area contributed by atoms with E-state index in [9.17, 15) is 9.59 Å². The largest absolute Gasteiger partial charge is 0.497 e.